The van der Waals surface area contributed by atoms with E-state index in [1.807, 2.05) is 18.2 Å². The number of carboxylic acids is 3. The van der Waals surface area contributed by atoms with Crippen LogP contribution in [0.1, 0.15) is 78.0 Å². The van der Waals surface area contributed by atoms with Gasteiger partial charge in [-0.2, -0.15) is 0 Å². The van der Waals surface area contributed by atoms with Crippen LogP contribution in [-0.2, 0) is 56.0 Å². The van der Waals surface area contributed by atoms with E-state index in [1.165, 1.54) is 12.5 Å². The number of benzene rings is 1. The maximum atomic E-state index is 14.0. The van der Waals surface area contributed by atoms with E-state index in [-0.39, 0.29) is 12.8 Å². The van der Waals surface area contributed by atoms with Gasteiger partial charge in [0.1, 0.15) is 36.3 Å². The third kappa shape index (κ3) is 14.8. The van der Waals surface area contributed by atoms with E-state index < -0.39 is 121 Å². The lowest BCUT2D eigenvalue weighted by Crippen LogP contribution is -2.61. The van der Waals surface area contributed by atoms with Crippen molar-refractivity contribution < 1.29 is 58.5 Å². The lowest BCUT2D eigenvalue weighted by atomic mass is 9.94. The van der Waals surface area contributed by atoms with Gasteiger partial charge in [-0.1, -0.05) is 58.7 Å². The summed E-state index contributed by atoms with van der Waals surface area (Å²) < 4.78 is 0. The van der Waals surface area contributed by atoms with Gasteiger partial charge in [0, 0.05) is 49.5 Å². The van der Waals surface area contributed by atoms with Crippen LogP contribution in [0.4, 0.5) is 0 Å². The largest absolute Gasteiger partial charge is 0.481 e. The summed E-state index contributed by atoms with van der Waals surface area (Å²) in [6, 6.07) is -1.53. The van der Waals surface area contributed by atoms with Crippen molar-refractivity contribution in [3.8, 4) is 0 Å². The Morgan fingerprint density at radius 1 is 0.656 bits per heavy atom. The Labute approximate surface area is 351 Å². The molecule has 3 aromatic rings. The number of H-pyrrole nitrogens is 2. The summed E-state index contributed by atoms with van der Waals surface area (Å²) >= 11 is 0. The second-order valence-electron chi connectivity index (χ2n) is 14.9. The predicted octanol–water partition coefficient (Wildman–Crippen LogP) is 0.121. The number of nitrogens with zero attached hydrogens (tertiary/aromatic N) is 1. The average Bonchev–Trinajstić information content (AvgIpc) is 3.88. The molecule has 0 saturated carbocycles. The van der Waals surface area contributed by atoms with Crippen molar-refractivity contribution in [1.82, 2.24) is 46.9 Å². The summed E-state index contributed by atoms with van der Waals surface area (Å²) in [6.45, 7) is 7.91. The molecule has 61 heavy (non-hydrogen) atoms. The molecule has 0 unspecified atom stereocenters. The Kier molecular flexibility index (Phi) is 18.4. The third-order valence-electron chi connectivity index (χ3n) is 10.3. The highest BCUT2D eigenvalue weighted by Crippen LogP contribution is 2.20. The molecule has 332 valence electrons. The minimum atomic E-state index is -1.85. The van der Waals surface area contributed by atoms with E-state index in [2.05, 4.69) is 46.9 Å². The number of aromatic nitrogens is 3. The molecule has 8 atom stereocenters. The van der Waals surface area contributed by atoms with Crippen LogP contribution in [0.3, 0.4) is 0 Å². The first-order valence-electron chi connectivity index (χ1n) is 19.8. The molecule has 0 fully saturated rings. The van der Waals surface area contributed by atoms with E-state index >= 15 is 0 Å². The number of aliphatic carboxylic acids is 3. The molecular formula is C40H55N9O12. The number of para-hydroxylation sites is 1. The van der Waals surface area contributed by atoms with Crippen molar-refractivity contribution in [2.24, 2.45) is 11.8 Å². The zero-order valence-corrected chi connectivity index (χ0v) is 34.6. The highest BCUT2D eigenvalue weighted by molar-refractivity contribution is 5.98. The topological polar surface area (TPSA) is 331 Å². The lowest BCUT2D eigenvalue weighted by Gasteiger charge is -2.30. The molecular weight excluding hydrogens is 798 g/mol. The van der Waals surface area contributed by atoms with Crippen molar-refractivity contribution in [3.63, 3.8) is 0 Å². The molecule has 1 aromatic carbocycles. The highest BCUT2D eigenvalue weighted by Gasteiger charge is 2.37. The molecule has 0 aliphatic carbocycles. The maximum Gasteiger partial charge on any atom is 0.326 e. The number of rotatable bonds is 25. The summed E-state index contributed by atoms with van der Waals surface area (Å²) in [5.74, 6) is -10.7. The normalized spacial score (nSPS) is 15.0. The standard InChI is InChI=1S/C40H55N9O12/c1-6-20(3)33(38(58)47-30(40(60)61)14-23-17-42-26-11-9-8-10-25(23)26)49-39(59)34(21(4)7-2)48-37(57)29(16-32(53)54)46-35(55)27(12-13-31(51)52)45-36(56)28(44-22(5)50)15-24-18-41-19-43-24/h8-11,17-21,27-30,33-34,42H,6-7,12-16H2,1-5H3,(H,41,43)(H,44,50)(H,45,56)(H,46,55)(H,47,58)(H,48,57)(H,49,59)(H,51,52)(H,53,54)(H,60,61)/t20-,21-,27-,28+,29-,30-,33-,34-/m0/s1. The second-order valence-corrected chi connectivity index (χ2v) is 14.9. The van der Waals surface area contributed by atoms with Gasteiger partial charge in [0.25, 0.3) is 0 Å². The number of carboxylic acid groups (broad SMARTS) is 3. The van der Waals surface area contributed by atoms with Crippen LogP contribution in [0.2, 0.25) is 0 Å². The summed E-state index contributed by atoms with van der Waals surface area (Å²) in [4.78, 5) is 126. The fourth-order valence-corrected chi connectivity index (χ4v) is 6.41. The minimum Gasteiger partial charge on any atom is -0.481 e. The molecule has 21 nitrogen and oxygen atoms in total. The summed E-state index contributed by atoms with van der Waals surface area (Å²) in [6.07, 6.45) is 2.84. The van der Waals surface area contributed by atoms with E-state index in [9.17, 15) is 58.5 Å². The number of carbonyl (C=O) groups excluding carboxylic acids is 6. The number of amides is 6. The highest BCUT2D eigenvalue weighted by atomic mass is 16.4. The maximum absolute atomic E-state index is 14.0. The minimum absolute atomic E-state index is 0.0731. The van der Waals surface area contributed by atoms with Crippen LogP contribution >= 0.6 is 0 Å². The van der Waals surface area contributed by atoms with Crippen molar-refractivity contribution in [1.29, 1.82) is 0 Å². The number of aromatic amines is 2. The summed E-state index contributed by atoms with van der Waals surface area (Å²) in [5, 5.41) is 44.6. The Hall–Kier alpha value is -6.80. The molecule has 21 heteroatoms. The SMILES string of the molecule is CC[C@H](C)[C@H](NC(=O)[C@H](CC(=O)O)NC(=O)[C@H](CCC(=O)O)NC(=O)[C@@H](Cc1c[nH]cn1)NC(C)=O)C(=O)N[C@H](C(=O)N[C@@H](Cc1c[nH]c2ccccc12)C(=O)O)[C@@H](C)CC. The van der Waals surface area contributed by atoms with Crippen LogP contribution in [0, 0.1) is 11.8 Å². The lowest BCUT2D eigenvalue weighted by molar-refractivity contribution is -0.142. The first kappa shape index (κ1) is 48.6. The van der Waals surface area contributed by atoms with Crippen molar-refractivity contribution in [3.05, 3.63) is 54.2 Å². The number of fused-ring (bicyclic) bond motifs is 1. The van der Waals surface area contributed by atoms with Gasteiger partial charge in [-0.3, -0.25) is 38.4 Å². The van der Waals surface area contributed by atoms with Gasteiger partial charge in [-0.15, -0.1) is 0 Å². The first-order chi connectivity index (χ1) is 28.8. The van der Waals surface area contributed by atoms with Gasteiger partial charge in [-0.05, 0) is 29.9 Å². The summed E-state index contributed by atoms with van der Waals surface area (Å²) in [7, 11) is 0. The zero-order valence-electron chi connectivity index (χ0n) is 34.6. The monoisotopic (exact) mass is 853 g/mol. The van der Waals surface area contributed by atoms with Crippen molar-refractivity contribution >= 4 is 64.3 Å². The third-order valence-corrected chi connectivity index (χ3v) is 10.3. The molecule has 0 aliphatic rings. The Balaban J connectivity index is 1.82. The Morgan fingerprint density at radius 3 is 1.77 bits per heavy atom. The molecule has 0 radical (unpaired) electrons. The van der Waals surface area contributed by atoms with Gasteiger partial charge >= 0.3 is 17.9 Å². The molecule has 0 aliphatic heterocycles. The molecule has 2 heterocycles. The van der Waals surface area contributed by atoms with E-state index in [0.717, 1.165) is 17.8 Å². The molecule has 11 N–H and O–H groups in total. The smallest absolute Gasteiger partial charge is 0.326 e. The fraction of sp³-hybridized carbons (Fsp3) is 0.500. The van der Waals surface area contributed by atoms with Crippen LogP contribution < -0.4 is 31.9 Å². The van der Waals surface area contributed by atoms with Crippen LogP contribution in [0.5, 0.6) is 0 Å². The quantitative estimate of drug-likeness (QED) is 0.0540. The van der Waals surface area contributed by atoms with E-state index in [1.54, 1.807) is 40.0 Å². The van der Waals surface area contributed by atoms with Gasteiger partial charge in [0.15, 0.2) is 0 Å². The van der Waals surface area contributed by atoms with Crippen LogP contribution in [0.15, 0.2) is 43.0 Å². The van der Waals surface area contributed by atoms with Crippen LogP contribution in [-0.4, -0.2) is 120 Å². The molecule has 6 amide bonds. The number of nitrogens with one attached hydrogen (secondary N) is 8. The van der Waals surface area contributed by atoms with Crippen LogP contribution in [0.25, 0.3) is 10.9 Å². The molecule has 0 saturated heterocycles. The molecule has 3 rings (SSSR count). The van der Waals surface area contributed by atoms with Crippen molar-refractivity contribution in [2.45, 2.75) is 116 Å². The number of hydrogen-bond donors (Lipinski definition) is 11. The first-order valence-corrected chi connectivity index (χ1v) is 19.8. The Bertz CT molecular complexity index is 2030. The molecule has 0 spiro atoms. The van der Waals surface area contributed by atoms with Gasteiger partial charge in [0.2, 0.25) is 35.4 Å². The van der Waals surface area contributed by atoms with Gasteiger partial charge in [0.05, 0.1) is 18.4 Å². The van der Waals surface area contributed by atoms with Gasteiger partial charge < -0.3 is 57.2 Å². The fourth-order valence-electron chi connectivity index (χ4n) is 6.41. The van der Waals surface area contributed by atoms with Gasteiger partial charge in [-0.25, -0.2) is 9.78 Å². The average molecular weight is 854 g/mol. The Morgan fingerprint density at radius 2 is 1.21 bits per heavy atom. The number of carbonyl (C=O) groups is 9. The van der Waals surface area contributed by atoms with E-state index in [4.69, 9.17) is 0 Å². The predicted molar refractivity (Wildman–Crippen MR) is 217 cm³/mol. The second kappa shape index (κ2) is 23.1. The number of imidazole rings is 1. The number of hydrogen-bond acceptors (Lipinski definition) is 10. The summed E-state index contributed by atoms with van der Waals surface area (Å²) in [5.41, 5.74) is 1.80. The van der Waals surface area contributed by atoms with Crippen molar-refractivity contribution in [2.75, 3.05) is 0 Å². The van der Waals surface area contributed by atoms with E-state index in [0.29, 0.717) is 24.1 Å². The molecule has 2 aromatic heterocycles. The molecule has 0 bridgehead atoms. The zero-order chi connectivity index (χ0) is 45.4.